The Hall–Kier alpha value is -4.24. The summed E-state index contributed by atoms with van der Waals surface area (Å²) >= 11 is 0. The van der Waals surface area contributed by atoms with Crippen molar-refractivity contribution in [3.05, 3.63) is 127 Å². The normalized spacial score (nSPS) is 13.6. The Morgan fingerprint density at radius 1 is 0.486 bits per heavy atom. The van der Waals surface area contributed by atoms with E-state index in [-0.39, 0.29) is 12.1 Å². The highest BCUT2D eigenvalue weighted by Gasteiger charge is 2.43. The van der Waals surface area contributed by atoms with Crippen molar-refractivity contribution in [3.63, 3.8) is 0 Å². The van der Waals surface area contributed by atoms with Crippen LogP contribution in [0, 0.1) is 0 Å². The summed E-state index contributed by atoms with van der Waals surface area (Å²) < 4.78 is 0. The van der Waals surface area contributed by atoms with Crippen LogP contribution >= 0.6 is 0 Å². The highest BCUT2D eigenvalue weighted by atomic mass is 15.2. The minimum atomic E-state index is -0.000325. The van der Waals surface area contributed by atoms with Gasteiger partial charge in [0.15, 0.2) is 0 Å². The van der Waals surface area contributed by atoms with E-state index in [0.717, 1.165) is 0 Å². The topological polar surface area (TPSA) is 6.48 Å². The summed E-state index contributed by atoms with van der Waals surface area (Å²) in [7, 11) is 0. The third-order valence-corrected chi connectivity index (χ3v) is 7.78. The van der Waals surface area contributed by atoms with Gasteiger partial charge in [-0.2, -0.15) is 0 Å². The molecule has 0 amide bonds. The van der Waals surface area contributed by atoms with Crippen LogP contribution in [0.3, 0.4) is 0 Å². The second-order valence-electron chi connectivity index (χ2n) is 11.1. The van der Waals surface area contributed by atoms with Crippen molar-refractivity contribution in [3.8, 4) is 0 Å². The molecule has 0 aliphatic carbocycles. The van der Waals surface area contributed by atoms with Crippen LogP contribution in [0.1, 0.15) is 26.3 Å². The Morgan fingerprint density at radius 2 is 0.892 bits per heavy atom. The lowest BCUT2D eigenvalue weighted by atomic mass is 9.33. The van der Waals surface area contributed by atoms with Crippen molar-refractivity contribution in [2.75, 3.05) is 9.80 Å². The van der Waals surface area contributed by atoms with E-state index < -0.39 is 0 Å². The average Bonchev–Trinajstić information content (AvgIpc) is 2.93. The van der Waals surface area contributed by atoms with E-state index in [1.165, 1.54) is 56.1 Å². The minimum absolute atomic E-state index is 0.000325. The Bertz CT molecular complexity index is 1510. The maximum absolute atomic E-state index is 2.47. The van der Waals surface area contributed by atoms with E-state index >= 15 is 0 Å². The summed E-state index contributed by atoms with van der Waals surface area (Å²) in [5.74, 6) is 0. The molecule has 2 heterocycles. The molecular formula is C34H29BN2. The van der Waals surface area contributed by atoms with E-state index in [4.69, 9.17) is 0 Å². The lowest BCUT2D eigenvalue weighted by molar-refractivity contribution is 0.590. The number of benzene rings is 5. The van der Waals surface area contributed by atoms with E-state index in [1.54, 1.807) is 0 Å². The molecule has 0 saturated carbocycles. The molecule has 0 atom stereocenters. The predicted molar refractivity (Wildman–Crippen MR) is 159 cm³/mol. The van der Waals surface area contributed by atoms with Crippen LogP contribution in [-0.2, 0) is 5.41 Å². The van der Waals surface area contributed by atoms with Crippen LogP contribution < -0.4 is 26.2 Å². The maximum Gasteiger partial charge on any atom is 0.252 e. The smallest absolute Gasteiger partial charge is 0.252 e. The van der Waals surface area contributed by atoms with E-state index in [2.05, 4.69) is 152 Å². The van der Waals surface area contributed by atoms with Gasteiger partial charge in [0, 0.05) is 34.1 Å². The van der Waals surface area contributed by atoms with E-state index in [0.29, 0.717) is 0 Å². The molecule has 0 unspecified atom stereocenters. The second kappa shape index (κ2) is 8.14. The molecule has 2 nitrogen and oxygen atoms in total. The molecule has 2 aliphatic rings. The standard InChI is InChI=1S/C34H29BN2/c1-34(2,3)24-22-31-33-32(23-24)37(26-16-8-5-9-17-26)30-21-13-11-19-28(30)35(33)27-18-10-12-20-29(27)36(31)25-14-6-4-7-15-25/h4-23H,1-3H3. The molecule has 3 heteroatoms. The van der Waals surface area contributed by atoms with Gasteiger partial charge in [0.05, 0.1) is 0 Å². The molecule has 5 aromatic carbocycles. The Kier molecular flexibility index (Phi) is 4.84. The lowest BCUT2D eigenvalue weighted by Gasteiger charge is -2.45. The number of anilines is 6. The summed E-state index contributed by atoms with van der Waals surface area (Å²) in [6, 6.07) is 44.4. The molecule has 0 spiro atoms. The number of nitrogens with zero attached hydrogens (tertiary/aromatic N) is 2. The van der Waals surface area contributed by atoms with Crippen LogP contribution in [0.15, 0.2) is 121 Å². The number of hydrogen-bond donors (Lipinski definition) is 0. The van der Waals surface area contributed by atoms with Gasteiger partial charge in [0.25, 0.3) is 6.71 Å². The second-order valence-corrected chi connectivity index (χ2v) is 11.1. The fraction of sp³-hybridized carbons (Fsp3) is 0.118. The van der Waals surface area contributed by atoms with Crippen LogP contribution in [0.2, 0.25) is 0 Å². The Morgan fingerprint density at radius 3 is 1.32 bits per heavy atom. The third-order valence-electron chi connectivity index (χ3n) is 7.78. The molecule has 0 aromatic heterocycles. The van der Waals surface area contributed by atoms with Crippen molar-refractivity contribution in [1.82, 2.24) is 0 Å². The van der Waals surface area contributed by atoms with Gasteiger partial charge in [-0.3, -0.25) is 0 Å². The molecule has 7 rings (SSSR count). The number of rotatable bonds is 2. The number of para-hydroxylation sites is 4. The molecule has 37 heavy (non-hydrogen) atoms. The molecular weight excluding hydrogens is 447 g/mol. The molecule has 178 valence electrons. The monoisotopic (exact) mass is 476 g/mol. The quantitative estimate of drug-likeness (QED) is 0.246. The van der Waals surface area contributed by atoms with Crippen molar-refractivity contribution < 1.29 is 0 Å². The van der Waals surface area contributed by atoms with Crippen molar-refractivity contribution in [1.29, 1.82) is 0 Å². The molecule has 0 bridgehead atoms. The van der Waals surface area contributed by atoms with Crippen LogP contribution in [0.25, 0.3) is 0 Å². The van der Waals surface area contributed by atoms with Gasteiger partial charge < -0.3 is 9.80 Å². The fourth-order valence-electron chi connectivity index (χ4n) is 6.04. The molecule has 2 aliphatic heterocycles. The van der Waals surface area contributed by atoms with Crippen molar-refractivity contribution in [2.24, 2.45) is 0 Å². The summed E-state index contributed by atoms with van der Waals surface area (Å²) in [5, 5.41) is 0. The van der Waals surface area contributed by atoms with E-state index in [9.17, 15) is 0 Å². The largest absolute Gasteiger partial charge is 0.311 e. The zero-order valence-electron chi connectivity index (χ0n) is 21.5. The number of hydrogen-bond acceptors (Lipinski definition) is 2. The number of fused-ring (bicyclic) bond motifs is 4. The average molecular weight is 476 g/mol. The van der Waals surface area contributed by atoms with Crippen LogP contribution in [0.5, 0.6) is 0 Å². The summed E-state index contributed by atoms with van der Waals surface area (Å²) in [4.78, 5) is 4.94. The molecule has 0 fully saturated rings. The van der Waals surface area contributed by atoms with Gasteiger partial charge >= 0.3 is 0 Å². The zero-order valence-corrected chi connectivity index (χ0v) is 21.5. The van der Waals surface area contributed by atoms with Crippen LogP contribution in [0.4, 0.5) is 34.1 Å². The highest BCUT2D eigenvalue weighted by molar-refractivity contribution is 7.00. The molecule has 5 aromatic rings. The molecule has 0 saturated heterocycles. The van der Waals surface area contributed by atoms with Crippen molar-refractivity contribution in [2.45, 2.75) is 26.2 Å². The first-order chi connectivity index (χ1) is 18.0. The first kappa shape index (κ1) is 22.0. The summed E-state index contributed by atoms with van der Waals surface area (Å²) in [6.07, 6.45) is 0. The van der Waals surface area contributed by atoms with E-state index in [1.807, 2.05) is 0 Å². The summed E-state index contributed by atoms with van der Waals surface area (Å²) in [6.45, 7) is 7.11. The maximum atomic E-state index is 2.47. The van der Waals surface area contributed by atoms with Gasteiger partial charge in [-0.1, -0.05) is 93.6 Å². The molecule has 0 radical (unpaired) electrons. The molecule has 0 N–H and O–H groups in total. The fourth-order valence-corrected chi connectivity index (χ4v) is 6.04. The van der Waals surface area contributed by atoms with Crippen LogP contribution in [-0.4, -0.2) is 6.71 Å². The SMILES string of the molecule is CC(C)(C)c1cc2c3c(c1)N(c1ccccc1)c1ccccc1B3c1ccccc1N2c1ccccc1. The van der Waals surface area contributed by atoms with Gasteiger partial charge in [0.2, 0.25) is 0 Å². The lowest BCUT2D eigenvalue weighted by Crippen LogP contribution is -2.61. The Balaban J connectivity index is 1.63. The van der Waals surface area contributed by atoms with Gasteiger partial charge in [-0.05, 0) is 75.9 Å². The minimum Gasteiger partial charge on any atom is -0.311 e. The highest BCUT2D eigenvalue weighted by Crippen LogP contribution is 2.45. The Labute approximate surface area is 219 Å². The van der Waals surface area contributed by atoms with Gasteiger partial charge in [-0.15, -0.1) is 0 Å². The van der Waals surface area contributed by atoms with Gasteiger partial charge in [-0.25, -0.2) is 0 Å². The third kappa shape index (κ3) is 3.34. The first-order valence-electron chi connectivity index (χ1n) is 13.1. The van der Waals surface area contributed by atoms with Gasteiger partial charge in [0.1, 0.15) is 0 Å². The summed E-state index contributed by atoms with van der Waals surface area (Å²) in [5.41, 5.74) is 12.8. The zero-order chi connectivity index (χ0) is 25.1. The van der Waals surface area contributed by atoms with Crippen molar-refractivity contribution >= 4 is 57.2 Å². The predicted octanol–water partition coefficient (Wildman–Crippen LogP) is 7.07. The first-order valence-corrected chi connectivity index (χ1v) is 13.1.